The summed E-state index contributed by atoms with van der Waals surface area (Å²) in [6.07, 6.45) is 0. The van der Waals surface area contributed by atoms with Crippen LogP contribution in [0.25, 0.3) is 43.1 Å². The van der Waals surface area contributed by atoms with Gasteiger partial charge in [0, 0.05) is 11.1 Å². The van der Waals surface area contributed by atoms with Crippen LogP contribution in [0.15, 0.2) is 109 Å². The van der Waals surface area contributed by atoms with Crippen LogP contribution in [-0.2, 0) is 0 Å². The van der Waals surface area contributed by atoms with Gasteiger partial charge in [0.1, 0.15) is 0 Å². The Morgan fingerprint density at radius 2 is 0.967 bits per heavy atom. The van der Waals surface area contributed by atoms with E-state index in [4.69, 9.17) is 0 Å². The largest absolute Gasteiger partial charge is 0.289 e. The van der Waals surface area contributed by atoms with Crippen LogP contribution in [0, 0.1) is 0 Å². The molecule has 0 amide bonds. The summed E-state index contributed by atoms with van der Waals surface area (Å²) in [5, 5.41) is 9.06. The molecule has 0 saturated heterocycles. The fourth-order valence-electron chi connectivity index (χ4n) is 4.40. The minimum absolute atomic E-state index is 0.0611. The lowest BCUT2D eigenvalue weighted by Crippen LogP contribution is -2.02. The van der Waals surface area contributed by atoms with Crippen molar-refractivity contribution in [3.63, 3.8) is 0 Å². The average Bonchev–Trinajstić information content (AvgIpc) is 2.80. The molecule has 6 aromatic carbocycles. The summed E-state index contributed by atoms with van der Waals surface area (Å²) in [5.41, 5.74) is 1.47. The van der Waals surface area contributed by atoms with E-state index in [1.165, 1.54) is 16.2 Å². The molecule has 0 aliphatic carbocycles. The minimum atomic E-state index is 0.0611. The Balaban J connectivity index is 1.53. The summed E-state index contributed by atoms with van der Waals surface area (Å²) in [6, 6.07) is 37.2. The molecule has 140 valence electrons. The first-order chi connectivity index (χ1) is 14.8. The van der Waals surface area contributed by atoms with Crippen LogP contribution in [-0.4, -0.2) is 5.78 Å². The average molecular weight is 382 g/mol. The van der Waals surface area contributed by atoms with E-state index in [0.717, 1.165) is 38.1 Å². The smallest absolute Gasteiger partial charge is 0.193 e. The summed E-state index contributed by atoms with van der Waals surface area (Å²) in [6.45, 7) is 0. The van der Waals surface area contributed by atoms with E-state index >= 15 is 0 Å². The molecule has 6 aromatic rings. The number of hydrogen-bond acceptors (Lipinski definition) is 1. The van der Waals surface area contributed by atoms with Gasteiger partial charge in [0.15, 0.2) is 5.78 Å². The highest BCUT2D eigenvalue weighted by molar-refractivity contribution is 6.19. The maximum absolute atomic E-state index is 13.5. The molecule has 0 spiro atoms. The number of ketones is 1. The Morgan fingerprint density at radius 3 is 1.67 bits per heavy atom. The molecule has 0 bridgehead atoms. The number of fused-ring (bicyclic) bond motifs is 4. The Kier molecular flexibility index (Phi) is 3.69. The van der Waals surface area contributed by atoms with E-state index in [2.05, 4.69) is 66.7 Å². The molecule has 6 rings (SSSR count). The second-order valence-electron chi connectivity index (χ2n) is 7.82. The van der Waals surface area contributed by atoms with Crippen molar-refractivity contribution < 1.29 is 4.79 Å². The molecule has 0 N–H and O–H groups in total. The molecular weight excluding hydrogens is 364 g/mol. The zero-order valence-corrected chi connectivity index (χ0v) is 16.3. The monoisotopic (exact) mass is 382 g/mol. The quantitative estimate of drug-likeness (QED) is 0.223. The Hall–Kier alpha value is -3.97. The lowest BCUT2D eigenvalue weighted by atomic mass is 9.93. The van der Waals surface area contributed by atoms with Crippen LogP contribution in [0.5, 0.6) is 0 Å². The Labute approximate surface area is 174 Å². The molecule has 0 aliphatic heterocycles. The van der Waals surface area contributed by atoms with Gasteiger partial charge in [-0.2, -0.15) is 0 Å². The van der Waals surface area contributed by atoms with Gasteiger partial charge in [-0.25, -0.2) is 0 Å². The number of benzene rings is 6. The molecular formula is C29H18O. The number of carbonyl (C=O) groups is 1. The predicted molar refractivity (Wildman–Crippen MR) is 126 cm³/mol. The van der Waals surface area contributed by atoms with E-state index in [0.29, 0.717) is 0 Å². The molecule has 0 aromatic heterocycles. The highest BCUT2D eigenvalue weighted by Crippen LogP contribution is 2.29. The van der Waals surface area contributed by atoms with Gasteiger partial charge in [-0.05, 0) is 73.4 Å². The molecule has 30 heavy (non-hydrogen) atoms. The van der Waals surface area contributed by atoms with Crippen molar-refractivity contribution in [3.8, 4) is 0 Å². The maximum atomic E-state index is 13.5. The van der Waals surface area contributed by atoms with Crippen molar-refractivity contribution >= 4 is 48.9 Å². The Morgan fingerprint density at radius 1 is 0.433 bits per heavy atom. The number of carbonyl (C=O) groups excluding carboxylic acids is 1. The first-order valence-electron chi connectivity index (χ1n) is 10.2. The van der Waals surface area contributed by atoms with Gasteiger partial charge < -0.3 is 0 Å². The van der Waals surface area contributed by atoms with Crippen LogP contribution in [0.4, 0.5) is 0 Å². The third-order valence-electron chi connectivity index (χ3n) is 5.96. The van der Waals surface area contributed by atoms with E-state index in [9.17, 15) is 4.79 Å². The van der Waals surface area contributed by atoms with Gasteiger partial charge in [-0.1, -0.05) is 78.9 Å². The molecule has 0 aliphatic rings. The fraction of sp³-hybridized carbons (Fsp3) is 0. The lowest BCUT2D eigenvalue weighted by Gasteiger charge is -2.09. The first kappa shape index (κ1) is 16.9. The van der Waals surface area contributed by atoms with Crippen molar-refractivity contribution in [3.05, 3.63) is 120 Å². The van der Waals surface area contributed by atoms with Crippen molar-refractivity contribution in [1.29, 1.82) is 0 Å². The van der Waals surface area contributed by atoms with Gasteiger partial charge in [0.25, 0.3) is 0 Å². The van der Waals surface area contributed by atoms with Crippen molar-refractivity contribution in [1.82, 2.24) is 0 Å². The highest BCUT2D eigenvalue weighted by atomic mass is 16.1. The second-order valence-corrected chi connectivity index (χ2v) is 7.82. The van der Waals surface area contributed by atoms with Gasteiger partial charge in [-0.15, -0.1) is 0 Å². The van der Waals surface area contributed by atoms with E-state index in [1.54, 1.807) is 0 Å². The van der Waals surface area contributed by atoms with Crippen LogP contribution in [0.2, 0.25) is 0 Å². The molecule has 1 nitrogen and oxygen atoms in total. The standard InChI is InChI=1S/C29H18O/c30-29(25-13-12-23-14-19-6-1-2-8-21(19)16-26(23)17-25)27-11-5-10-24-15-20-7-3-4-9-22(20)18-28(24)27/h1-18H. The van der Waals surface area contributed by atoms with Gasteiger partial charge >= 0.3 is 0 Å². The fourth-order valence-corrected chi connectivity index (χ4v) is 4.40. The normalized spacial score (nSPS) is 11.5. The SMILES string of the molecule is O=C(c1ccc2cc3ccccc3cc2c1)c1cccc2cc3ccccc3cc12. The molecule has 0 unspecified atom stereocenters. The summed E-state index contributed by atoms with van der Waals surface area (Å²) in [7, 11) is 0. The predicted octanol–water partition coefficient (Wildman–Crippen LogP) is 7.53. The number of hydrogen-bond donors (Lipinski definition) is 0. The zero-order chi connectivity index (χ0) is 20.1. The van der Waals surface area contributed by atoms with E-state index in [-0.39, 0.29) is 5.78 Å². The lowest BCUT2D eigenvalue weighted by molar-refractivity contribution is 0.104. The number of rotatable bonds is 2. The molecule has 0 radical (unpaired) electrons. The molecule has 1 heteroatoms. The van der Waals surface area contributed by atoms with E-state index in [1.807, 2.05) is 42.5 Å². The third-order valence-corrected chi connectivity index (χ3v) is 5.96. The van der Waals surface area contributed by atoms with Gasteiger partial charge in [0.2, 0.25) is 0 Å². The summed E-state index contributed by atoms with van der Waals surface area (Å²) < 4.78 is 0. The summed E-state index contributed by atoms with van der Waals surface area (Å²) >= 11 is 0. The first-order valence-corrected chi connectivity index (χ1v) is 10.2. The summed E-state index contributed by atoms with van der Waals surface area (Å²) in [4.78, 5) is 13.5. The van der Waals surface area contributed by atoms with E-state index < -0.39 is 0 Å². The van der Waals surface area contributed by atoms with Crippen LogP contribution in [0.3, 0.4) is 0 Å². The molecule has 0 fully saturated rings. The Bertz CT molecular complexity index is 1610. The molecule has 0 saturated carbocycles. The minimum Gasteiger partial charge on any atom is -0.289 e. The van der Waals surface area contributed by atoms with Gasteiger partial charge in [0.05, 0.1) is 0 Å². The highest BCUT2D eigenvalue weighted by Gasteiger charge is 2.14. The third kappa shape index (κ3) is 2.67. The van der Waals surface area contributed by atoms with Crippen LogP contribution in [0.1, 0.15) is 15.9 Å². The van der Waals surface area contributed by atoms with Crippen LogP contribution < -0.4 is 0 Å². The zero-order valence-electron chi connectivity index (χ0n) is 16.3. The van der Waals surface area contributed by atoms with Crippen molar-refractivity contribution in [2.24, 2.45) is 0 Å². The summed E-state index contributed by atoms with van der Waals surface area (Å²) in [5.74, 6) is 0.0611. The van der Waals surface area contributed by atoms with Crippen molar-refractivity contribution in [2.75, 3.05) is 0 Å². The van der Waals surface area contributed by atoms with Crippen molar-refractivity contribution in [2.45, 2.75) is 0 Å². The molecule has 0 atom stereocenters. The molecule has 0 heterocycles. The topological polar surface area (TPSA) is 17.1 Å². The van der Waals surface area contributed by atoms with Crippen LogP contribution >= 0.6 is 0 Å². The van der Waals surface area contributed by atoms with Gasteiger partial charge in [-0.3, -0.25) is 4.79 Å². The maximum Gasteiger partial charge on any atom is 0.193 e. The second kappa shape index (κ2) is 6.53.